The van der Waals surface area contributed by atoms with Crippen LogP contribution in [0.3, 0.4) is 0 Å². The summed E-state index contributed by atoms with van der Waals surface area (Å²) < 4.78 is 4.29. The third-order valence-electron chi connectivity index (χ3n) is 3.35. The monoisotopic (exact) mass is 426 g/mol. The summed E-state index contributed by atoms with van der Waals surface area (Å²) in [6, 6.07) is 14.5. The quantitative estimate of drug-likeness (QED) is 0.474. The van der Waals surface area contributed by atoms with Crippen molar-refractivity contribution >= 4 is 54.5 Å². The maximum atomic E-state index is 6.31. The normalized spacial score (nSPS) is 12.8. The number of imidazole rings is 1. The van der Waals surface area contributed by atoms with Crippen molar-refractivity contribution < 1.29 is 0 Å². The lowest BCUT2D eigenvalue weighted by atomic mass is 10.2. The van der Waals surface area contributed by atoms with E-state index in [1.54, 1.807) is 0 Å². The number of benzene rings is 2. The minimum atomic E-state index is -0.133. The van der Waals surface area contributed by atoms with Gasteiger partial charge in [-0.05, 0) is 42.8 Å². The standard InChI is InChI=1S/C16H13Br2ClN2/c1-10(19)16-20-14-8-13(18)6-7-15(14)21(16)9-11-2-4-12(17)5-3-11/h2-8,10H,9H2,1H3. The molecule has 0 aliphatic heterocycles. The van der Waals surface area contributed by atoms with Crippen molar-refractivity contribution in [3.63, 3.8) is 0 Å². The van der Waals surface area contributed by atoms with Gasteiger partial charge in [-0.3, -0.25) is 0 Å². The van der Waals surface area contributed by atoms with Crippen LogP contribution in [0.25, 0.3) is 11.0 Å². The van der Waals surface area contributed by atoms with E-state index in [2.05, 4.69) is 71.7 Å². The van der Waals surface area contributed by atoms with Crippen molar-refractivity contribution in [3.8, 4) is 0 Å². The molecule has 1 atom stereocenters. The smallest absolute Gasteiger partial charge is 0.128 e. The van der Waals surface area contributed by atoms with Gasteiger partial charge in [0, 0.05) is 15.5 Å². The number of rotatable bonds is 3. The highest BCUT2D eigenvalue weighted by atomic mass is 79.9. The minimum absolute atomic E-state index is 0.133. The number of aromatic nitrogens is 2. The molecule has 1 heterocycles. The maximum Gasteiger partial charge on any atom is 0.128 e. The Hall–Kier alpha value is -0.840. The third kappa shape index (κ3) is 3.17. The highest BCUT2D eigenvalue weighted by Crippen LogP contribution is 2.27. The average Bonchev–Trinajstić information content (AvgIpc) is 2.79. The Balaban J connectivity index is 2.10. The molecule has 0 N–H and O–H groups in total. The van der Waals surface area contributed by atoms with E-state index in [4.69, 9.17) is 11.6 Å². The Morgan fingerprint density at radius 3 is 2.43 bits per heavy atom. The lowest BCUT2D eigenvalue weighted by Crippen LogP contribution is -2.05. The molecule has 0 saturated carbocycles. The highest BCUT2D eigenvalue weighted by Gasteiger charge is 2.15. The lowest BCUT2D eigenvalue weighted by Gasteiger charge is -2.11. The number of hydrogen-bond acceptors (Lipinski definition) is 1. The maximum absolute atomic E-state index is 6.31. The fourth-order valence-corrected chi connectivity index (χ4v) is 3.14. The van der Waals surface area contributed by atoms with E-state index in [1.165, 1.54) is 5.56 Å². The summed E-state index contributed by atoms with van der Waals surface area (Å²) >= 11 is 13.3. The van der Waals surface area contributed by atoms with Gasteiger partial charge in [0.15, 0.2) is 0 Å². The molecule has 0 amide bonds. The van der Waals surface area contributed by atoms with Crippen LogP contribution in [0.1, 0.15) is 23.7 Å². The van der Waals surface area contributed by atoms with E-state index in [-0.39, 0.29) is 5.38 Å². The second-order valence-corrected chi connectivity index (χ2v) is 7.42. The zero-order valence-corrected chi connectivity index (χ0v) is 15.3. The number of halogens is 3. The molecule has 21 heavy (non-hydrogen) atoms. The van der Waals surface area contributed by atoms with Crippen molar-refractivity contribution in [2.24, 2.45) is 0 Å². The van der Waals surface area contributed by atoms with Gasteiger partial charge in [0.2, 0.25) is 0 Å². The first kappa shape index (κ1) is 15.1. The van der Waals surface area contributed by atoms with Crippen molar-refractivity contribution in [2.45, 2.75) is 18.8 Å². The number of nitrogens with zero attached hydrogens (tertiary/aromatic N) is 2. The molecular weight excluding hydrogens is 415 g/mol. The Bertz CT molecular complexity index is 779. The van der Waals surface area contributed by atoms with Crippen LogP contribution in [0, 0.1) is 0 Å². The molecule has 0 aliphatic carbocycles. The van der Waals surface area contributed by atoms with Gasteiger partial charge in [-0.15, -0.1) is 11.6 Å². The summed E-state index contributed by atoms with van der Waals surface area (Å²) in [5.74, 6) is 0.896. The van der Waals surface area contributed by atoms with E-state index >= 15 is 0 Å². The van der Waals surface area contributed by atoms with Gasteiger partial charge in [0.25, 0.3) is 0 Å². The van der Waals surface area contributed by atoms with Crippen LogP contribution in [-0.2, 0) is 6.54 Å². The largest absolute Gasteiger partial charge is 0.322 e. The average molecular weight is 429 g/mol. The van der Waals surface area contributed by atoms with Gasteiger partial charge in [-0.25, -0.2) is 4.98 Å². The molecule has 0 radical (unpaired) electrons. The Morgan fingerprint density at radius 2 is 1.76 bits per heavy atom. The molecule has 5 heteroatoms. The van der Waals surface area contributed by atoms with Crippen LogP contribution in [0.4, 0.5) is 0 Å². The number of fused-ring (bicyclic) bond motifs is 1. The molecule has 3 rings (SSSR count). The van der Waals surface area contributed by atoms with Crippen LogP contribution < -0.4 is 0 Å². The van der Waals surface area contributed by atoms with Crippen LogP contribution >= 0.6 is 43.5 Å². The SMILES string of the molecule is CC(Cl)c1nc2cc(Br)ccc2n1Cc1ccc(Br)cc1. The first-order chi connectivity index (χ1) is 10.0. The summed E-state index contributed by atoms with van der Waals surface area (Å²) in [6.07, 6.45) is 0. The second kappa shape index (κ2) is 6.11. The topological polar surface area (TPSA) is 17.8 Å². The summed E-state index contributed by atoms with van der Waals surface area (Å²) in [4.78, 5) is 4.68. The van der Waals surface area contributed by atoms with Crippen LogP contribution in [0.2, 0.25) is 0 Å². The van der Waals surface area contributed by atoms with Gasteiger partial charge >= 0.3 is 0 Å². The summed E-state index contributed by atoms with van der Waals surface area (Å²) in [5.41, 5.74) is 3.28. The lowest BCUT2D eigenvalue weighted by molar-refractivity contribution is 0.742. The Labute approximate surface area is 145 Å². The molecule has 2 nitrogen and oxygen atoms in total. The second-order valence-electron chi connectivity index (χ2n) is 4.93. The van der Waals surface area contributed by atoms with E-state index in [1.807, 2.05) is 19.1 Å². The van der Waals surface area contributed by atoms with Gasteiger partial charge in [-0.1, -0.05) is 44.0 Å². The number of hydrogen-bond donors (Lipinski definition) is 0. The predicted molar refractivity (Wildman–Crippen MR) is 94.9 cm³/mol. The van der Waals surface area contributed by atoms with Gasteiger partial charge in [-0.2, -0.15) is 0 Å². The van der Waals surface area contributed by atoms with Crippen LogP contribution in [0.15, 0.2) is 51.4 Å². The first-order valence-electron chi connectivity index (χ1n) is 6.59. The molecular formula is C16H13Br2ClN2. The van der Waals surface area contributed by atoms with Crippen LogP contribution in [0.5, 0.6) is 0 Å². The molecule has 0 aliphatic rings. The van der Waals surface area contributed by atoms with E-state index < -0.39 is 0 Å². The summed E-state index contributed by atoms with van der Waals surface area (Å²) in [6.45, 7) is 2.72. The van der Waals surface area contributed by atoms with E-state index in [9.17, 15) is 0 Å². The van der Waals surface area contributed by atoms with Gasteiger partial charge in [0.05, 0.1) is 16.4 Å². The van der Waals surface area contributed by atoms with E-state index in [0.717, 1.165) is 32.3 Å². The molecule has 0 saturated heterocycles. The third-order valence-corrected chi connectivity index (χ3v) is 4.57. The van der Waals surface area contributed by atoms with Gasteiger partial charge in [0.1, 0.15) is 5.82 Å². The van der Waals surface area contributed by atoms with Crippen molar-refractivity contribution in [3.05, 3.63) is 62.8 Å². The zero-order valence-electron chi connectivity index (χ0n) is 11.4. The molecule has 3 aromatic rings. The summed E-state index contributed by atoms with van der Waals surface area (Å²) in [7, 11) is 0. The summed E-state index contributed by atoms with van der Waals surface area (Å²) in [5, 5.41) is -0.133. The minimum Gasteiger partial charge on any atom is -0.322 e. The molecule has 0 bridgehead atoms. The van der Waals surface area contributed by atoms with Crippen molar-refractivity contribution in [1.82, 2.24) is 9.55 Å². The fraction of sp³-hybridized carbons (Fsp3) is 0.188. The Morgan fingerprint density at radius 1 is 1.10 bits per heavy atom. The fourth-order valence-electron chi connectivity index (χ4n) is 2.36. The number of alkyl halides is 1. The molecule has 2 aromatic carbocycles. The molecule has 1 unspecified atom stereocenters. The molecule has 108 valence electrons. The highest BCUT2D eigenvalue weighted by molar-refractivity contribution is 9.10. The zero-order chi connectivity index (χ0) is 15.0. The Kier molecular flexibility index (Phi) is 4.38. The molecule has 0 spiro atoms. The first-order valence-corrected chi connectivity index (χ1v) is 8.61. The van der Waals surface area contributed by atoms with Crippen LogP contribution in [-0.4, -0.2) is 9.55 Å². The van der Waals surface area contributed by atoms with E-state index in [0.29, 0.717) is 0 Å². The predicted octanol–water partition coefficient (Wildman–Crippen LogP) is 5.91. The van der Waals surface area contributed by atoms with Crippen molar-refractivity contribution in [2.75, 3.05) is 0 Å². The van der Waals surface area contributed by atoms with Crippen molar-refractivity contribution in [1.29, 1.82) is 0 Å². The molecule has 0 fully saturated rings. The van der Waals surface area contributed by atoms with Gasteiger partial charge < -0.3 is 4.57 Å². The molecule has 1 aromatic heterocycles.